The van der Waals surface area contributed by atoms with Gasteiger partial charge in [0.05, 0.1) is 17.7 Å². The van der Waals surface area contributed by atoms with E-state index in [-0.39, 0.29) is 24.6 Å². The molecule has 1 aliphatic heterocycles. The molecule has 2 atom stereocenters. The van der Waals surface area contributed by atoms with E-state index in [1.807, 2.05) is 0 Å². The molecule has 0 bridgehead atoms. The van der Waals surface area contributed by atoms with Crippen LogP contribution in [0.5, 0.6) is 0 Å². The van der Waals surface area contributed by atoms with Crippen LogP contribution in [0.1, 0.15) is 22.1 Å². The summed E-state index contributed by atoms with van der Waals surface area (Å²) in [5.41, 5.74) is 3.87. The van der Waals surface area contributed by atoms with E-state index in [2.05, 4.69) is 4.98 Å². The smallest absolute Gasteiger partial charge is 0.416 e. The number of nitrogens with zero attached hydrogens (tertiary/aromatic N) is 2. The van der Waals surface area contributed by atoms with Crippen molar-refractivity contribution in [1.29, 1.82) is 0 Å². The van der Waals surface area contributed by atoms with Crippen LogP contribution < -0.4 is 11.4 Å². The Kier molecular flexibility index (Phi) is 5.15. The molecule has 8 nitrogen and oxygen atoms in total. The van der Waals surface area contributed by atoms with E-state index in [0.29, 0.717) is 0 Å². The van der Waals surface area contributed by atoms with E-state index in [1.54, 1.807) is 0 Å². The molecule has 2 N–H and O–H groups in total. The van der Waals surface area contributed by atoms with Crippen molar-refractivity contribution in [3.63, 3.8) is 0 Å². The molecule has 2 unspecified atom stereocenters. The molecule has 144 valence electrons. The van der Waals surface area contributed by atoms with Gasteiger partial charge in [0.2, 0.25) is 0 Å². The first-order valence-electron chi connectivity index (χ1n) is 7.70. The second-order valence-corrected chi connectivity index (χ2v) is 5.57. The Morgan fingerprint density at radius 1 is 1.30 bits per heavy atom. The molecule has 2 aromatic rings. The molecule has 0 aliphatic carbocycles. The van der Waals surface area contributed by atoms with Gasteiger partial charge in [0.1, 0.15) is 12.4 Å². The summed E-state index contributed by atoms with van der Waals surface area (Å²) in [7, 11) is 0. The van der Waals surface area contributed by atoms with Crippen molar-refractivity contribution in [1.82, 2.24) is 9.55 Å². The number of carbonyl (C=O) groups is 1. The van der Waals surface area contributed by atoms with Gasteiger partial charge in [-0.3, -0.25) is 4.57 Å². The summed E-state index contributed by atoms with van der Waals surface area (Å²) in [5.74, 6) is -0.761. The molecule has 11 heteroatoms. The minimum atomic E-state index is -4.49. The Balaban J connectivity index is 1.55. The SMILES string of the molecule is Nc1ccn(C2COC(COC(=O)c3ccc(C(F)(F)F)cc3)O2)c(=O)n1. The van der Waals surface area contributed by atoms with Crippen LogP contribution in [-0.2, 0) is 20.4 Å². The largest absolute Gasteiger partial charge is 0.457 e. The molecular weight excluding hydrogens is 371 g/mol. The third-order valence-corrected chi connectivity index (χ3v) is 3.69. The van der Waals surface area contributed by atoms with E-state index >= 15 is 0 Å². The Morgan fingerprint density at radius 2 is 2.00 bits per heavy atom. The molecule has 1 saturated heterocycles. The third-order valence-electron chi connectivity index (χ3n) is 3.69. The van der Waals surface area contributed by atoms with E-state index in [9.17, 15) is 22.8 Å². The Bertz CT molecular complexity index is 882. The van der Waals surface area contributed by atoms with Gasteiger partial charge in [0.25, 0.3) is 0 Å². The Morgan fingerprint density at radius 3 is 2.63 bits per heavy atom. The van der Waals surface area contributed by atoms with Crippen LogP contribution >= 0.6 is 0 Å². The molecule has 27 heavy (non-hydrogen) atoms. The molecular formula is C16H14F3N3O5. The van der Waals surface area contributed by atoms with Gasteiger partial charge in [-0.15, -0.1) is 0 Å². The summed E-state index contributed by atoms with van der Waals surface area (Å²) in [6.07, 6.45) is -4.79. The number of halogens is 3. The average molecular weight is 385 g/mol. The molecule has 0 radical (unpaired) electrons. The third kappa shape index (κ3) is 4.44. The van der Waals surface area contributed by atoms with Crippen molar-refractivity contribution < 1.29 is 32.2 Å². The molecule has 3 rings (SSSR count). The summed E-state index contributed by atoms with van der Waals surface area (Å²) in [6, 6.07) is 5.03. The van der Waals surface area contributed by atoms with Gasteiger partial charge in [-0.2, -0.15) is 18.2 Å². The van der Waals surface area contributed by atoms with Gasteiger partial charge in [-0.25, -0.2) is 9.59 Å². The second-order valence-electron chi connectivity index (χ2n) is 5.57. The molecule has 0 saturated carbocycles. The van der Waals surface area contributed by atoms with Crippen molar-refractivity contribution in [2.75, 3.05) is 18.9 Å². The zero-order valence-electron chi connectivity index (χ0n) is 13.7. The van der Waals surface area contributed by atoms with E-state index in [1.165, 1.54) is 16.8 Å². The van der Waals surface area contributed by atoms with Crippen LogP contribution in [-0.4, -0.2) is 35.0 Å². The molecule has 0 spiro atoms. The van der Waals surface area contributed by atoms with E-state index in [4.69, 9.17) is 19.9 Å². The van der Waals surface area contributed by atoms with Crippen LogP contribution in [0, 0.1) is 0 Å². The highest BCUT2D eigenvalue weighted by Gasteiger charge is 2.31. The number of nitrogens with two attached hydrogens (primary N) is 1. The molecule has 1 fully saturated rings. The topological polar surface area (TPSA) is 106 Å². The first kappa shape index (κ1) is 18.9. The van der Waals surface area contributed by atoms with Crippen LogP contribution in [0.25, 0.3) is 0 Å². The number of alkyl halides is 3. The highest BCUT2D eigenvalue weighted by Crippen LogP contribution is 2.29. The lowest BCUT2D eigenvalue weighted by Gasteiger charge is -2.13. The first-order chi connectivity index (χ1) is 12.7. The fraction of sp³-hybridized carbons (Fsp3) is 0.312. The van der Waals surface area contributed by atoms with Crippen molar-refractivity contribution >= 4 is 11.8 Å². The average Bonchev–Trinajstić information content (AvgIpc) is 3.07. The lowest BCUT2D eigenvalue weighted by atomic mass is 10.1. The second kappa shape index (κ2) is 7.37. The zero-order chi connectivity index (χ0) is 19.6. The van der Waals surface area contributed by atoms with Gasteiger partial charge in [-0.1, -0.05) is 0 Å². The molecule has 0 amide bonds. The summed E-state index contributed by atoms with van der Waals surface area (Å²) in [6.45, 7) is -0.276. The molecule has 2 heterocycles. The quantitative estimate of drug-likeness (QED) is 0.797. The molecule has 1 aromatic heterocycles. The summed E-state index contributed by atoms with van der Waals surface area (Å²) >= 11 is 0. The number of rotatable bonds is 4. The highest BCUT2D eigenvalue weighted by molar-refractivity contribution is 5.89. The lowest BCUT2D eigenvalue weighted by molar-refractivity contribution is -0.137. The predicted octanol–water partition coefficient (Wildman–Crippen LogP) is 1.57. The van der Waals surface area contributed by atoms with Crippen LogP contribution in [0.3, 0.4) is 0 Å². The summed E-state index contributed by atoms with van der Waals surface area (Å²) < 4.78 is 54.4. The van der Waals surface area contributed by atoms with Crippen molar-refractivity contribution in [2.24, 2.45) is 0 Å². The number of carbonyl (C=O) groups excluding carboxylic acids is 1. The van der Waals surface area contributed by atoms with Gasteiger partial charge in [0.15, 0.2) is 12.5 Å². The van der Waals surface area contributed by atoms with E-state index in [0.717, 1.165) is 24.3 Å². The Labute approximate surface area is 150 Å². The van der Waals surface area contributed by atoms with E-state index < -0.39 is 35.9 Å². The molecule has 1 aliphatic rings. The maximum Gasteiger partial charge on any atom is 0.416 e. The maximum absolute atomic E-state index is 12.5. The number of hydrogen-bond donors (Lipinski definition) is 1. The van der Waals surface area contributed by atoms with Crippen LogP contribution in [0.15, 0.2) is 41.3 Å². The minimum absolute atomic E-state index is 0.0218. The monoisotopic (exact) mass is 385 g/mol. The van der Waals surface area contributed by atoms with Gasteiger partial charge >= 0.3 is 17.8 Å². The number of esters is 1. The summed E-state index contributed by atoms with van der Waals surface area (Å²) in [5, 5.41) is 0. The van der Waals surface area contributed by atoms with Crippen LogP contribution in [0.4, 0.5) is 19.0 Å². The fourth-order valence-corrected chi connectivity index (χ4v) is 2.34. The number of benzene rings is 1. The molecule has 1 aromatic carbocycles. The zero-order valence-corrected chi connectivity index (χ0v) is 13.7. The van der Waals surface area contributed by atoms with Crippen LogP contribution in [0.2, 0.25) is 0 Å². The number of hydrogen-bond acceptors (Lipinski definition) is 7. The van der Waals surface area contributed by atoms with Gasteiger partial charge < -0.3 is 19.9 Å². The summed E-state index contributed by atoms with van der Waals surface area (Å²) in [4.78, 5) is 27.2. The lowest BCUT2D eigenvalue weighted by Crippen LogP contribution is -2.29. The van der Waals surface area contributed by atoms with Crippen molar-refractivity contribution in [3.8, 4) is 0 Å². The maximum atomic E-state index is 12.5. The predicted molar refractivity (Wildman–Crippen MR) is 84.5 cm³/mol. The number of nitrogen functional groups attached to an aromatic ring is 1. The van der Waals surface area contributed by atoms with Crippen molar-refractivity contribution in [2.45, 2.75) is 18.7 Å². The first-order valence-corrected chi connectivity index (χ1v) is 7.70. The normalized spacial score (nSPS) is 19.8. The standard InChI is InChI=1S/C16H14F3N3O5/c17-16(18,19)10-3-1-9(2-4-10)14(23)26-8-13-25-7-12(27-13)22-6-5-11(20)21-15(22)24/h1-6,12-13H,7-8H2,(H2,20,21,24). The highest BCUT2D eigenvalue weighted by atomic mass is 19.4. The number of ether oxygens (including phenoxy) is 3. The fourth-order valence-electron chi connectivity index (χ4n) is 2.34. The Hall–Kier alpha value is -2.92. The number of anilines is 1. The number of aromatic nitrogens is 2. The van der Waals surface area contributed by atoms with Gasteiger partial charge in [0, 0.05) is 6.20 Å². The van der Waals surface area contributed by atoms with Crippen molar-refractivity contribution in [3.05, 3.63) is 58.1 Å². The minimum Gasteiger partial charge on any atom is -0.457 e. The van der Waals surface area contributed by atoms with Gasteiger partial charge in [-0.05, 0) is 30.3 Å².